The second-order valence-corrected chi connectivity index (χ2v) is 7.29. The molecule has 1 aromatic rings. The number of anilines is 1. The Morgan fingerprint density at radius 1 is 1.16 bits per heavy atom. The lowest BCUT2D eigenvalue weighted by Crippen LogP contribution is -2.53. The van der Waals surface area contributed by atoms with Gasteiger partial charge in [-0.05, 0) is 25.2 Å². The highest BCUT2D eigenvalue weighted by Gasteiger charge is 2.40. The summed E-state index contributed by atoms with van der Waals surface area (Å²) in [6.07, 6.45) is 10.2. The summed E-state index contributed by atoms with van der Waals surface area (Å²) >= 11 is 0. The Labute approximate surface area is 162 Å². The van der Waals surface area contributed by atoms with Gasteiger partial charge in [-0.3, -0.25) is 9.48 Å². The van der Waals surface area contributed by atoms with Crippen molar-refractivity contribution in [3.63, 3.8) is 0 Å². The summed E-state index contributed by atoms with van der Waals surface area (Å²) in [5.74, 6) is 1.06. The Balaban J connectivity index is 0.00000113. The lowest BCUT2D eigenvalue weighted by atomic mass is 9.85. The predicted molar refractivity (Wildman–Crippen MR) is 104 cm³/mol. The molecule has 2 aliphatic heterocycles. The summed E-state index contributed by atoms with van der Waals surface area (Å²) in [6, 6.07) is 0.655. The summed E-state index contributed by atoms with van der Waals surface area (Å²) in [4.78, 5) is 17.2. The van der Waals surface area contributed by atoms with Crippen molar-refractivity contribution in [2.24, 2.45) is 13.0 Å². The molecule has 1 saturated carbocycles. The number of amides is 1. The number of nitrogens with one attached hydrogen (secondary N) is 1. The fourth-order valence-electron chi connectivity index (χ4n) is 4.49. The zero-order chi connectivity index (χ0) is 15.8. The highest BCUT2D eigenvalue weighted by molar-refractivity contribution is 5.85. The summed E-state index contributed by atoms with van der Waals surface area (Å²) in [6.45, 7) is 3.44. The van der Waals surface area contributed by atoms with Crippen molar-refractivity contribution in [3.8, 4) is 0 Å². The van der Waals surface area contributed by atoms with Crippen LogP contribution in [0.5, 0.6) is 0 Å². The Morgan fingerprint density at radius 3 is 2.52 bits per heavy atom. The minimum Gasteiger partial charge on any atom is -0.365 e. The molecule has 0 bridgehead atoms. The molecule has 2 saturated heterocycles. The van der Waals surface area contributed by atoms with Crippen LogP contribution in [0.1, 0.15) is 32.1 Å². The van der Waals surface area contributed by atoms with Gasteiger partial charge in [-0.1, -0.05) is 12.8 Å². The number of hydrogen-bond acceptors (Lipinski definition) is 4. The lowest BCUT2D eigenvalue weighted by molar-refractivity contribution is -0.133. The topological polar surface area (TPSA) is 53.4 Å². The predicted octanol–water partition coefficient (Wildman–Crippen LogP) is 1.83. The number of rotatable bonds is 2. The Morgan fingerprint density at radius 2 is 1.88 bits per heavy atom. The molecule has 1 aromatic heterocycles. The first-order chi connectivity index (χ1) is 11.2. The van der Waals surface area contributed by atoms with Crippen molar-refractivity contribution in [2.45, 2.75) is 44.2 Å². The van der Waals surface area contributed by atoms with Crippen LogP contribution in [0.15, 0.2) is 12.4 Å². The van der Waals surface area contributed by atoms with Gasteiger partial charge in [0.2, 0.25) is 5.91 Å². The molecule has 1 aliphatic carbocycles. The van der Waals surface area contributed by atoms with E-state index < -0.39 is 0 Å². The number of aromatic nitrogens is 2. The standard InChI is InChI=1S/C17H27N5O.2ClH/c1-20-12-14(11-18-20)21-6-8-22(9-7-21)17(23)16-10-13-4-2-3-5-15(13)19-16;;/h11-13,15-16,19H,2-10H2,1H3;2*1H. The molecular formula is C17H29Cl2N5O. The third-order valence-corrected chi connectivity index (χ3v) is 5.81. The number of piperazine rings is 1. The first-order valence-corrected chi connectivity index (χ1v) is 8.99. The molecule has 25 heavy (non-hydrogen) atoms. The average molecular weight is 390 g/mol. The maximum absolute atomic E-state index is 12.8. The third-order valence-electron chi connectivity index (χ3n) is 5.81. The maximum atomic E-state index is 12.8. The van der Waals surface area contributed by atoms with Gasteiger partial charge >= 0.3 is 0 Å². The lowest BCUT2D eigenvalue weighted by Gasteiger charge is -2.36. The summed E-state index contributed by atoms with van der Waals surface area (Å²) in [5, 5.41) is 7.85. The van der Waals surface area contributed by atoms with Crippen LogP contribution < -0.4 is 10.2 Å². The molecule has 3 fully saturated rings. The van der Waals surface area contributed by atoms with Crippen molar-refractivity contribution >= 4 is 36.4 Å². The molecule has 0 spiro atoms. The smallest absolute Gasteiger partial charge is 0.239 e. The molecule has 3 atom stereocenters. The zero-order valence-corrected chi connectivity index (χ0v) is 16.4. The van der Waals surface area contributed by atoms with Gasteiger partial charge < -0.3 is 15.1 Å². The van der Waals surface area contributed by atoms with Crippen molar-refractivity contribution < 1.29 is 4.79 Å². The zero-order valence-electron chi connectivity index (χ0n) is 14.8. The molecule has 1 N–H and O–H groups in total. The normalized spacial score (nSPS) is 28.8. The van der Waals surface area contributed by atoms with Crippen LogP contribution in [0.3, 0.4) is 0 Å². The van der Waals surface area contributed by atoms with E-state index >= 15 is 0 Å². The minimum absolute atomic E-state index is 0. The van der Waals surface area contributed by atoms with Gasteiger partial charge in [0.15, 0.2) is 0 Å². The van der Waals surface area contributed by atoms with E-state index in [4.69, 9.17) is 0 Å². The monoisotopic (exact) mass is 389 g/mol. The number of carbonyl (C=O) groups excluding carboxylic acids is 1. The number of aryl methyl sites for hydroxylation is 1. The van der Waals surface area contributed by atoms with Crippen molar-refractivity contribution in [2.75, 3.05) is 31.1 Å². The molecule has 3 unspecified atom stereocenters. The number of carbonyl (C=O) groups is 1. The Hall–Kier alpha value is -0.980. The van der Waals surface area contributed by atoms with Crippen LogP contribution in [0, 0.1) is 5.92 Å². The molecule has 3 aliphatic rings. The van der Waals surface area contributed by atoms with E-state index in [1.54, 1.807) is 0 Å². The second kappa shape index (κ2) is 8.60. The average Bonchev–Trinajstić information content (AvgIpc) is 3.20. The van der Waals surface area contributed by atoms with E-state index in [0.29, 0.717) is 11.9 Å². The summed E-state index contributed by atoms with van der Waals surface area (Å²) in [7, 11) is 1.94. The van der Waals surface area contributed by atoms with Gasteiger partial charge in [-0.15, -0.1) is 24.8 Å². The summed E-state index contributed by atoms with van der Waals surface area (Å²) < 4.78 is 1.83. The van der Waals surface area contributed by atoms with Crippen LogP contribution in [0.2, 0.25) is 0 Å². The molecule has 1 amide bonds. The van der Waals surface area contributed by atoms with Crippen LogP contribution >= 0.6 is 24.8 Å². The van der Waals surface area contributed by atoms with E-state index in [2.05, 4.69) is 20.2 Å². The van der Waals surface area contributed by atoms with Crippen LogP contribution in [0.25, 0.3) is 0 Å². The molecule has 6 nitrogen and oxygen atoms in total. The van der Waals surface area contributed by atoms with Crippen LogP contribution in [0.4, 0.5) is 5.69 Å². The van der Waals surface area contributed by atoms with E-state index in [9.17, 15) is 4.79 Å². The third kappa shape index (κ3) is 4.23. The fraction of sp³-hybridized carbons (Fsp3) is 0.765. The summed E-state index contributed by atoms with van der Waals surface area (Å²) in [5.41, 5.74) is 1.16. The molecular weight excluding hydrogens is 361 g/mol. The molecule has 0 radical (unpaired) electrons. The van der Waals surface area contributed by atoms with Gasteiger partial charge in [0.05, 0.1) is 17.9 Å². The Bertz CT molecular complexity index is 559. The van der Waals surface area contributed by atoms with Gasteiger partial charge in [0.1, 0.15) is 0 Å². The molecule has 142 valence electrons. The maximum Gasteiger partial charge on any atom is 0.239 e. The number of nitrogens with zero attached hydrogens (tertiary/aromatic N) is 4. The van der Waals surface area contributed by atoms with E-state index in [1.807, 2.05) is 24.1 Å². The van der Waals surface area contributed by atoms with Gasteiger partial charge in [-0.25, -0.2) is 0 Å². The minimum atomic E-state index is 0. The second-order valence-electron chi connectivity index (χ2n) is 7.29. The van der Waals surface area contributed by atoms with Crippen molar-refractivity contribution in [1.29, 1.82) is 0 Å². The molecule has 3 heterocycles. The van der Waals surface area contributed by atoms with Crippen molar-refractivity contribution in [1.82, 2.24) is 20.0 Å². The Kier molecular flexibility index (Phi) is 7.00. The fourth-order valence-corrected chi connectivity index (χ4v) is 4.49. The highest BCUT2D eigenvalue weighted by atomic mass is 35.5. The van der Waals surface area contributed by atoms with Gasteiger partial charge in [0.25, 0.3) is 0 Å². The number of fused-ring (bicyclic) bond motifs is 1. The highest BCUT2D eigenvalue weighted by Crippen LogP contribution is 2.33. The SMILES string of the molecule is Cl.Cl.Cn1cc(N2CCN(C(=O)C3CC4CCCCC4N3)CC2)cn1. The first-order valence-electron chi connectivity index (χ1n) is 8.99. The van der Waals surface area contributed by atoms with Crippen LogP contribution in [-0.4, -0.2) is 58.9 Å². The van der Waals surface area contributed by atoms with Crippen LogP contribution in [-0.2, 0) is 11.8 Å². The molecule has 4 rings (SSSR count). The molecule has 8 heteroatoms. The van der Waals surface area contributed by atoms with Gasteiger partial charge in [0, 0.05) is 45.5 Å². The number of hydrogen-bond donors (Lipinski definition) is 1. The first kappa shape index (κ1) is 20.3. The quantitative estimate of drug-likeness (QED) is 0.837. The van der Waals surface area contributed by atoms with E-state index in [-0.39, 0.29) is 30.9 Å². The van der Waals surface area contributed by atoms with E-state index in [1.165, 1.54) is 25.7 Å². The van der Waals surface area contributed by atoms with E-state index in [0.717, 1.165) is 44.2 Å². The van der Waals surface area contributed by atoms with Crippen molar-refractivity contribution in [3.05, 3.63) is 12.4 Å². The van der Waals surface area contributed by atoms with Gasteiger partial charge in [-0.2, -0.15) is 5.10 Å². The molecule has 0 aromatic carbocycles. The largest absolute Gasteiger partial charge is 0.365 e. The number of halogens is 2.